The highest BCUT2D eigenvalue weighted by Gasteiger charge is 2.69. The molecule has 3 N–H and O–H groups in total. The van der Waals surface area contributed by atoms with Gasteiger partial charge in [0.25, 0.3) is 0 Å². The number of hydrogen-bond donors (Lipinski definition) is 2. The van der Waals surface area contributed by atoms with E-state index in [9.17, 15) is 49.4 Å². The quantitative estimate of drug-likeness (QED) is 0.274. The molecule has 2 aliphatic heterocycles. The minimum Gasteiger partial charge on any atom is -0.390 e. The molecule has 3 atom stereocenters. The predicted octanol–water partition coefficient (Wildman–Crippen LogP) is 23.8. The lowest BCUT2D eigenvalue weighted by Crippen LogP contribution is -2.49. The fourth-order valence-corrected chi connectivity index (χ4v) is 12.5. The van der Waals surface area contributed by atoms with Gasteiger partial charge in [-0.15, -0.1) is 0 Å². The number of aliphatic hydroxyl groups is 1. The van der Waals surface area contributed by atoms with E-state index >= 15 is 0 Å². The number of primary amides is 1. The Morgan fingerprint density at radius 2 is 0.878 bits per heavy atom. The number of amides is 1. The molecular formula is C75H139F9N2O4. The summed E-state index contributed by atoms with van der Waals surface area (Å²) in [6.07, 6.45) is 2.36. The fraction of sp³-hybridized carbons (Fsp3) is 0.973. The monoisotopic (exact) mass is 1300 g/mol. The molecule has 0 bridgehead atoms. The Kier molecular flexibility index (Phi) is 28.9. The average Bonchev–Trinajstić information content (AvgIpc) is 1.62. The first kappa shape index (κ1) is 88.2. The highest BCUT2D eigenvalue weighted by Crippen LogP contribution is 2.67. The van der Waals surface area contributed by atoms with Gasteiger partial charge in [-0.3, -0.25) is 4.79 Å². The number of rotatable bonds is 3. The summed E-state index contributed by atoms with van der Waals surface area (Å²) in [5, 5.41) is 18.2. The van der Waals surface area contributed by atoms with Crippen LogP contribution in [0.2, 0.25) is 0 Å². The van der Waals surface area contributed by atoms with E-state index in [-0.39, 0.29) is 33.5 Å². The summed E-state index contributed by atoms with van der Waals surface area (Å²) in [7, 11) is 0. The molecule has 6 saturated carbocycles. The van der Waals surface area contributed by atoms with E-state index in [2.05, 4.69) is 151 Å². The first-order valence-corrected chi connectivity index (χ1v) is 34.0. The molecule has 0 radical (unpaired) electrons. The lowest BCUT2D eigenvalue weighted by molar-refractivity contribution is -0.247. The minimum atomic E-state index is -4.36. The number of nitriles is 1. The Morgan fingerprint density at radius 3 is 0.911 bits per heavy atom. The van der Waals surface area contributed by atoms with Crippen LogP contribution >= 0.6 is 0 Å². The number of alkyl halides is 9. The van der Waals surface area contributed by atoms with E-state index < -0.39 is 57.6 Å². The second kappa shape index (κ2) is 29.5. The zero-order valence-corrected chi connectivity index (χ0v) is 63.6. The Hall–Kier alpha value is -1.79. The van der Waals surface area contributed by atoms with Crippen LogP contribution in [0.4, 0.5) is 39.5 Å². The first-order chi connectivity index (χ1) is 39.2. The van der Waals surface area contributed by atoms with Gasteiger partial charge in [0.1, 0.15) is 0 Å². The van der Waals surface area contributed by atoms with Gasteiger partial charge in [-0.05, 0) is 169 Å². The van der Waals surface area contributed by atoms with E-state index in [1.54, 1.807) is 41.5 Å². The Labute approximate surface area is 546 Å². The second-order valence-corrected chi connectivity index (χ2v) is 39.4. The summed E-state index contributed by atoms with van der Waals surface area (Å²) in [5.41, 5.74) is 3.74. The van der Waals surface area contributed by atoms with Crippen molar-refractivity contribution < 1.29 is 58.9 Å². The van der Waals surface area contributed by atoms with Crippen molar-refractivity contribution in [1.82, 2.24) is 0 Å². The second-order valence-electron chi connectivity index (χ2n) is 39.4. The molecule has 536 valence electrons. The summed E-state index contributed by atoms with van der Waals surface area (Å²) in [5.74, 6) is -2.26. The molecule has 0 spiro atoms. The minimum absolute atomic E-state index is 0.0347. The lowest BCUT2D eigenvalue weighted by atomic mass is 9.56. The predicted molar refractivity (Wildman–Crippen MR) is 356 cm³/mol. The lowest BCUT2D eigenvalue weighted by Gasteiger charge is -2.49. The number of carbonyl (C=O) groups is 1. The van der Waals surface area contributed by atoms with Crippen molar-refractivity contribution in [2.45, 2.75) is 336 Å². The molecular weight excluding hydrogens is 1160 g/mol. The third-order valence-electron chi connectivity index (χ3n) is 22.9. The third kappa shape index (κ3) is 25.7. The van der Waals surface area contributed by atoms with Crippen molar-refractivity contribution in [1.29, 1.82) is 5.26 Å². The van der Waals surface area contributed by atoms with E-state index in [1.165, 1.54) is 73.1 Å². The number of ether oxygens (including phenoxy) is 2. The SMILES string of the molecule is CC(C)(C)C(C(C)(C)O)C(F)(F)F.CC(C)(C)C(C1CC1)C(F)(F)F.CC(C)(C)C1(C#N)CC1.CC(C)(C)C1(C(F)(F)F)CC1.CC(C)(C)C1(C(N)=O)CC1.CC(C)(C)C1(C)CC1.CC(C)(C)C1(C)CCC1.CC(C)(C)C1(C)COC1.CC(C)(C)C1CCOC1. The summed E-state index contributed by atoms with van der Waals surface area (Å²) in [6, 6.07) is 2.39. The maximum absolute atomic E-state index is 12.6. The van der Waals surface area contributed by atoms with Crippen molar-refractivity contribution in [2.24, 2.45) is 111 Å². The maximum Gasteiger partial charge on any atom is 0.395 e. The van der Waals surface area contributed by atoms with Crippen molar-refractivity contribution in [3.05, 3.63) is 0 Å². The normalized spacial score (nSPS) is 23.4. The smallest absolute Gasteiger partial charge is 0.390 e. The molecule has 0 aromatic heterocycles. The van der Waals surface area contributed by atoms with Crippen molar-refractivity contribution >= 4 is 5.91 Å². The van der Waals surface area contributed by atoms with Gasteiger partial charge in [0.2, 0.25) is 5.91 Å². The highest BCUT2D eigenvalue weighted by molar-refractivity contribution is 5.84. The zero-order chi connectivity index (χ0) is 72.2. The number of carbonyl (C=O) groups excluding carboxylic acids is 1. The maximum atomic E-state index is 12.6. The third-order valence-corrected chi connectivity index (χ3v) is 22.9. The van der Waals surface area contributed by atoms with Gasteiger partial charge >= 0.3 is 18.5 Å². The van der Waals surface area contributed by atoms with Crippen molar-refractivity contribution in [3.8, 4) is 6.07 Å². The Balaban J connectivity index is 0.000000993. The van der Waals surface area contributed by atoms with Gasteiger partial charge in [-0.2, -0.15) is 44.8 Å². The Morgan fingerprint density at radius 1 is 0.489 bits per heavy atom. The number of hydrogen-bond acceptors (Lipinski definition) is 5. The van der Waals surface area contributed by atoms with E-state index in [0.29, 0.717) is 50.7 Å². The number of halogens is 9. The van der Waals surface area contributed by atoms with Gasteiger partial charge in [-0.25, -0.2) is 0 Å². The molecule has 0 aromatic carbocycles. The summed E-state index contributed by atoms with van der Waals surface area (Å²) >= 11 is 0. The van der Waals surface area contributed by atoms with Gasteiger partial charge in [0.05, 0.1) is 53.0 Å². The van der Waals surface area contributed by atoms with Crippen LogP contribution in [0, 0.1) is 116 Å². The number of nitrogens with two attached hydrogens (primary N) is 1. The van der Waals surface area contributed by atoms with E-state index in [1.807, 2.05) is 0 Å². The molecule has 0 aromatic rings. The van der Waals surface area contributed by atoms with Crippen LogP contribution in [0.3, 0.4) is 0 Å². The topological polar surface area (TPSA) is 106 Å². The van der Waals surface area contributed by atoms with Crippen molar-refractivity contribution in [2.75, 3.05) is 26.4 Å². The van der Waals surface area contributed by atoms with E-state index in [4.69, 9.17) is 20.5 Å². The molecule has 90 heavy (non-hydrogen) atoms. The molecule has 8 rings (SSSR count). The average molecular weight is 1300 g/mol. The first-order valence-electron chi connectivity index (χ1n) is 34.0. The summed E-state index contributed by atoms with van der Waals surface area (Å²) in [6.45, 7) is 68.1. The van der Waals surface area contributed by atoms with Gasteiger partial charge in [0, 0.05) is 18.6 Å². The van der Waals surface area contributed by atoms with Crippen LogP contribution in [0.15, 0.2) is 0 Å². The molecule has 8 aliphatic rings. The molecule has 2 heterocycles. The highest BCUT2D eigenvalue weighted by atomic mass is 19.4. The van der Waals surface area contributed by atoms with Crippen LogP contribution in [0.5, 0.6) is 0 Å². The largest absolute Gasteiger partial charge is 0.395 e. The summed E-state index contributed by atoms with van der Waals surface area (Å²) < 4.78 is 123. The van der Waals surface area contributed by atoms with Crippen LogP contribution in [-0.4, -0.2) is 61.6 Å². The zero-order valence-electron chi connectivity index (χ0n) is 63.6. The van der Waals surface area contributed by atoms with Crippen LogP contribution < -0.4 is 5.73 Å². The fourth-order valence-electron chi connectivity index (χ4n) is 12.5. The molecule has 15 heteroatoms. The summed E-state index contributed by atoms with van der Waals surface area (Å²) in [4.78, 5) is 11.0. The standard InChI is InChI=1S/C9H17F3O.C9H15F3.C9H18.C8H13F3.C8H15NO.C8H13N.2C8H16O.C8H16/c1-7(2,3)6(8(4,5)13)9(10,11)12;1-8(2,3)7(6-4-5-6)9(10,11)12;1-8(2,3)9(4)6-5-7-9;1-6(2,3)7(4-5-7)8(9,10)11;1-7(2,3)8(4-5-8)6(9)10;1-7(2,3)8(6-9)4-5-8;1-7(2,3)8(4)5-9-6-8;1-8(2,3)7-4-5-9-6-7;1-7(2,3)8(4)5-6-8/h6,13H,1-5H3;6-7H,4-5H2,1-3H3;5-7H2,1-4H3;4-5H2,1-3H3;4-5H2,1-3H3,(H2,9,10);4-5H2,1-3H3;5-6H2,1-4H3;7H,4-6H2,1-3H3;5-6H2,1-4H3. The van der Waals surface area contributed by atoms with E-state index in [0.717, 1.165) is 70.9 Å². The molecule has 8 fully saturated rings. The molecule has 6 nitrogen and oxygen atoms in total. The van der Waals surface area contributed by atoms with Crippen LogP contribution in [-0.2, 0) is 14.3 Å². The molecule has 2 saturated heterocycles. The van der Waals surface area contributed by atoms with Gasteiger partial charge in [-0.1, -0.05) is 214 Å². The van der Waals surface area contributed by atoms with Crippen LogP contribution in [0.25, 0.3) is 0 Å². The van der Waals surface area contributed by atoms with Crippen LogP contribution in [0.1, 0.15) is 311 Å². The molecule has 3 unspecified atom stereocenters. The number of nitrogens with zero attached hydrogens (tertiary/aromatic N) is 1. The van der Waals surface area contributed by atoms with Crippen molar-refractivity contribution in [3.63, 3.8) is 0 Å². The Bertz CT molecular complexity index is 2110. The van der Waals surface area contributed by atoms with Gasteiger partial charge in [0.15, 0.2) is 0 Å². The molecule has 6 aliphatic carbocycles. The van der Waals surface area contributed by atoms with Gasteiger partial charge < -0.3 is 20.3 Å². The molecule has 1 amide bonds.